The second-order valence-corrected chi connectivity index (χ2v) is 6.12. The van der Waals surface area contributed by atoms with Gasteiger partial charge in [0.15, 0.2) is 5.82 Å². The molecule has 1 aliphatic heterocycles. The number of methoxy groups -OCH3 is 1. The first kappa shape index (κ1) is 15.8. The van der Waals surface area contributed by atoms with Crippen LogP contribution in [0.2, 0.25) is 0 Å². The molecule has 1 N–H and O–H groups in total. The largest absolute Gasteiger partial charge is 0.380 e. The summed E-state index contributed by atoms with van der Waals surface area (Å²) in [4.78, 5) is 22.9. The highest BCUT2D eigenvalue weighted by molar-refractivity contribution is 5.91. The fraction of sp³-hybridized carbons (Fsp3) is 0.412. The number of nitrogens with one attached hydrogen (secondary N) is 1. The zero-order valence-electron chi connectivity index (χ0n) is 14.2. The lowest BCUT2D eigenvalue weighted by Crippen LogP contribution is -2.28. The average molecular weight is 340 g/mol. The van der Waals surface area contributed by atoms with Crippen LogP contribution in [-0.2, 0) is 11.3 Å². The summed E-state index contributed by atoms with van der Waals surface area (Å²) in [6.45, 7) is 3.24. The van der Waals surface area contributed by atoms with Crippen molar-refractivity contribution in [2.75, 3.05) is 18.6 Å². The van der Waals surface area contributed by atoms with Gasteiger partial charge in [0.1, 0.15) is 0 Å². The summed E-state index contributed by atoms with van der Waals surface area (Å²) in [7, 11) is 1.72. The highest BCUT2D eigenvalue weighted by Crippen LogP contribution is 2.38. The van der Waals surface area contributed by atoms with Crippen molar-refractivity contribution in [3.05, 3.63) is 47.0 Å². The van der Waals surface area contributed by atoms with E-state index in [2.05, 4.69) is 25.1 Å². The third-order valence-corrected chi connectivity index (χ3v) is 4.83. The monoisotopic (exact) mass is 340 g/mol. The predicted octanol–water partition coefficient (Wildman–Crippen LogP) is 1.50. The van der Waals surface area contributed by atoms with Crippen molar-refractivity contribution < 1.29 is 4.74 Å². The Morgan fingerprint density at radius 1 is 1.36 bits per heavy atom. The van der Waals surface area contributed by atoms with Gasteiger partial charge in [-0.25, -0.2) is 9.89 Å². The van der Waals surface area contributed by atoms with E-state index in [0.29, 0.717) is 6.54 Å². The second-order valence-electron chi connectivity index (χ2n) is 6.12. The molecule has 25 heavy (non-hydrogen) atoms. The summed E-state index contributed by atoms with van der Waals surface area (Å²) >= 11 is 0. The minimum Gasteiger partial charge on any atom is -0.380 e. The van der Waals surface area contributed by atoms with Crippen LogP contribution in [0.5, 0.6) is 0 Å². The van der Waals surface area contributed by atoms with Gasteiger partial charge in [0.05, 0.1) is 17.7 Å². The predicted molar refractivity (Wildman–Crippen MR) is 93.6 cm³/mol. The fourth-order valence-corrected chi connectivity index (χ4v) is 3.59. The minimum absolute atomic E-state index is 0.0466. The van der Waals surface area contributed by atoms with E-state index in [1.54, 1.807) is 24.1 Å². The molecule has 130 valence electrons. The summed E-state index contributed by atoms with van der Waals surface area (Å²) in [5.41, 5.74) is 1.74. The normalized spacial score (nSPS) is 20.5. The second kappa shape index (κ2) is 6.29. The summed E-state index contributed by atoms with van der Waals surface area (Å²) in [6, 6.07) is 3.83. The third kappa shape index (κ3) is 2.58. The van der Waals surface area contributed by atoms with E-state index >= 15 is 0 Å². The molecule has 4 heterocycles. The molecule has 8 nitrogen and oxygen atoms in total. The van der Waals surface area contributed by atoms with Crippen molar-refractivity contribution in [3.63, 3.8) is 0 Å². The molecule has 0 amide bonds. The molecule has 0 spiro atoms. The summed E-state index contributed by atoms with van der Waals surface area (Å²) in [5.74, 6) is 0.737. The molecular formula is C17H20N6O2. The lowest BCUT2D eigenvalue weighted by atomic mass is 10.1. The van der Waals surface area contributed by atoms with Gasteiger partial charge in [0.25, 0.3) is 0 Å². The number of anilines is 1. The Hall–Kier alpha value is -2.74. The molecule has 3 aromatic rings. The van der Waals surface area contributed by atoms with Crippen molar-refractivity contribution in [2.45, 2.75) is 32.0 Å². The van der Waals surface area contributed by atoms with Crippen LogP contribution in [0.1, 0.15) is 25.2 Å². The van der Waals surface area contributed by atoms with Crippen LogP contribution in [0, 0.1) is 0 Å². The summed E-state index contributed by atoms with van der Waals surface area (Å²) in [6.07, 6.45) is 6.20. The Morgan fingerprint density at radius 3 is 3.04 bits per heavy atom. The van der Waals surface area contributed by atoms with Crippen LogP contribution in [0.15, 0.2) is 35.5 Å². The van der Waals surface area contributed by atoms with Gasteiger partial charge in [-0.15, -0.1) is 0 Å². The number of rotatable bonds is 4. The highest BCUT2D eigenvalue weighted by atomic mass is 16.5. The first-order valence-corrected chi connectivity index (χ1v) is 8.36. The van der Waals surface area contributed by atoms with Gasteiger partial charge in [-0.1, -0.05) is 0 Å². The van der Waals surface area contributed by atoms with Gasteiger partial charge in [0, 0.05) is 56.3 Å². The number of aromatic nitrogens is 5. The van der Waals surface area contributed by atoms with E-state index < -0.39 is 0 Å². The molecule has 0 aliphatic carbocycles. The topological polar surface area (TPSA) is 88.9 Å². The van der Waals surface area contributed by atoms with Gasteiger partial charge in [0.2, 0.25) is 0 Å². The maximum absolute atomic E-state index is 12.0. The number of hydrogen-bond acceptors (Lipinski definition) is 6. The Morgan fingerprint density at radius 2 is 2.24 bits per heavy atom. The van der Waals surface area contributed by atoms with E-state index in [1.165, 1.54) is 0 Å². The number of aromatic amines is 1. The lowest BCUT2D eigenvalue weighted by Gasteiger charge is -2.26. The summed E-state index contributed by atoms with van der Waals surface area (Å²) < 4.78 is 7.29. The molecule has 0 radical (unpaired) electrons. The van der Waals surface area contributed by atoms with Crippen molar-refractivity contribution in [3.8, 4) is 0 Å². The number of H-pyrrole nitrogens is 1. The first-order chi connectivity index (χ1) is 12.2. The van der Waals surface area contributed by atoms with Gasteiger partial charge in [-0.2, -0.15) is 5.10 Å². The Kier molecular flexibility index (Phi) is 3.96. The van der Waals surface area contributed by atoms with E-state index in [9.17, 15) is 4.79 Å². The summed E-state index contributed by atoms with van der Waals surface area (Å²) in [5, 5.41) is 7.84. The minimum atomic E-state index is -0.181. The van der Waals surface area contributed by atoms with Gasteiger partial charge in [-0.05, 0) is 19.1 Å². The number of nitrogens with zero attached hydrogens (tertiary/aromatic N) is 5. The maximum Gasteiger partial charge on any atom is 0.343 e. The van der Waals surface area contributed by atoms with Gasteiger partial charge < -0.3 is 9.64 Å². The van der Waals surface area contributed by atoms with Gasteiger partial charge >= 0.3 is 5.69 Å². The van der Waals surface area contributed by atoms with E-state index in [-0.39, 0.29) is 17.8 Å². The zero-order valence-corrected chi connectivity index (χ0v) is 14.2. The standard InChI is InChI=1S/C17H20N6O2/c1-3-22-16(20-21-17(22)24)15-8-11(25-2)10-23(15)14-5-7-19-13-4-6-18-9-12(13)14/h4-7,9,11,15H,3,8,10H2,1-2H3,(H,21,24)/t11-,15-/m0/s1. The highest BCUT2D eigenvalue weighted by Gasteiger charge is 2.37. The molecule has 3 aromatic heterocycles. The molecule has 8 heteroatoms. The average Bonchev–Trinajstić information content (AvgIpc) is 3.24. The smallest absolute Gasteiger partial charge is 0.343 e. The number of hydrogen-bond donors (Lipinski definition) is 1. The van der Waals surface area contributed by atoms with Crippen LogP contribution >= 0.6 is 0 Å². The fourth-order valence-electron chi connectivity index (χ4n) is 3.59. The lowest BCUT2D eigenvalue weighted by molar-refractivity contribution is 0.118. The van der Waals surface area contributed by atoms with Crippen LogP contribution in [-0.4, -0.2) is 44.5 Å². The van der Waals surface area contributed by atoms with Crippen LogP contribution in [0.25, 0.3) is 10.9 Å². The quantitative estimate of drug-likeness (QED) is 0.774. The Labute approximate surface area is 144 Å². The van der Waals surface area contributed by atoms with E-state index in [4.69, 9.17) is 4.74 Å². The molecule has 1 fully saturated rings. The molecule has 1 aliphatic rings. The number of fused-ring (bicyclic) bond motifs is 1. The van der Waals surface area contributed by atoms with E-state index in [0.717, 1.165) is 35.4 Å². The van der Waals surface area contributed by atoms with Crippen molar-refractivity contribution in [1.29, 1.82) is 0 Å². The molecule has 0 aromatic carbocycles. The van der Waals surface area contributed by atoms with Crippen LogP contribution in [0.4, 0.5) is 5.69 Å². The van der Waals surface area contributed by atoms with Crippen molar-refractivity contribution in [1.82, 2.24) is 24.7 Å². The SMILES string of the molecule is CCn1c([C@@H]2C[C@H](OC)CN2c2ccnc3ccncc23)n[nH]c1=O. The number of ether oxygens (including phenoxy) is 1. The van der Waals surface area contributed by atoms with Crippen LogP contribution < -0.4 is 10.6 Å². The molecule has 1 saturated heterocycles. The van der Waals surface area contributed by atoms with Crippen molar-refractivity contribution in [2.24, 2.45) is 0 Å². The van der Waals surface area contributed by atoms with Crippen LogP contribution in [0.3, 0.4) is 0 Å². The first-order valence-electron chi connectivity index (χ1n) is 8.36. The molecule has 4 rings (SSSR count). The third-order valence-electron chi connectivity index (χ3n) is 4.83. The molecule has 2 atom stereocenters. The van der Waals surface area contributed by atoms with Crippen molar-refractivity contribution >= 4 is 16.6 Å². The molecular weight excluding hydrogens is 320 g/mol. The Balaban J connectivity index is 1.84. The molecule has 0 bridgehead atoms. The van der Waals surface area contributed by atoms with Gasteiger partial charge in [-0.3, -0.25) is 14.5 Å². The molecule has 0 unspecified atom stereocenters. The Bertz CT molecular complexity index is 944. The molecule has 0 saturated carbocycles. The number of pyridine rings is 2. The zero-order chi connectivity index (χ0) is 17.4. The van der Waals surface area contributed by atoms with E-state index in [1.807, 2.05) is 25.3 Å². The maximum atomic E-state index is 12.0.